The van der Waals surface area contributed by atoms with Gasteiger partial charge in [0.2, 0.25) is 0 Å². The molecule has 0 aliphatic rings. The van der Waals surface area contributed by atoms with Crippen LogP contribution in [0.1, 0.15) is 38.7 Å². The lowest BCUT2D eigenvalue weighted by Crippen LogP contribution is -2.24. The van der Waals surface area contributed by atoms with E-state index in [4.69, 9.17) is 0 Å². The van der Waals surface area contributed by atoms with Crippen molar-refractivity contribution in [2.75, 3.05) is 6.54 Å². The first-order valence-corrected chi connectivity index (χ1v) is 5.58. The van der Waals surface area contributed by atoms with Crippen molar-refractivity contribution in [1.29, 1.82) is 0 Å². The molecule has 0 aliphatic heterocycles. The Kier molecular flexibility index (Phi) is 4.76. The molecule has 0 saturated heterocycles. The predicted octanol–water partition coefficient (Wildman–Crippen LogP) is 3.32. The van der Waals surface area contributed by atoms with Gasteiger partial charge in [0, 0.05) is 6.04 Å². The van der Waals surface area contributed by atoms with Crippen molar-refractivity contribution >= 4 is 0 Å². The highest BCUT2D eigenvalue weighted by Crippen LogP contribution is 2.18. The molecule has 1 unspecified atom stereocenters. The number of halogens is 1. The van der Waals surface area contributed by atoms with Crippen molar-refractivity contribution in [3.8, 4) is 0 Å². The second-order valence-electron chi connectivity index (χ2n) is 4.35. The first kappa shape index (κ1) is 12.2. The molecule has 0 bridgehead atoms. The zero-order valence-corrected chi connectivity index (χ0v) is 9.76. The SMILES string of the molecule is CC(C)NCCC(C)c1ccc(F)cc1. The smallest absolute Gasteiger partial charge is 0.123 e. The van der Waals surface area contributed by atoms with Crippen LogP contribution in [0.5, 0.6) is 0 Å². The third kappa shape index (κ3) is 4.43. The summed E-state index contributed by atoms with van der Waals surface area (Å²) in [5.41, 5.74) is 1.21. The number of rotatable bonds is 5. The van der Waals surface area contributed by atoms with E-state index in [2.05, 4.69) is 26.1 Å². The second kappa shape index (κ2) is 5.86. The van der Waals surface area contributed by atoms with Gasteiger partial charge in [-0.1, -0.05) is 32.9 Å². The quantitative estimate of drug-likeness (QED) is 0.784. The van der Waals surface area contributed by atoms with Crippen LogP contribution in [0.15, 0.2) is 24.3 Å². The lowest BCUT2D eigenvalue weighted by molar-refractivity contribution is 0.540. The normalized spacial score (nSPS) is 13.1. The van der Waals surface area contributed by atoms with Gasteiger partial charge in [-0.05, 0) is 36.6 Å². The summed E-state index contributed by atoms with van der Waals surface area (Å²) in [4.78, 5) is 0. The van der Waals surface area contributed by atoms with Crippen LogP contribution in [0.3, 0.4) is 0 Å². The monoisotopic (exact) mass is 209 g/mol. The molecular formula is C13H20FN. The summed E-state index contributed by atoms with van der Waals surface area (Å²) in [7, 11) is 0. The lowest BCUT2D eigenvalue weighted by atomic mass is 9.98. The van der Waals surface area contributed by atoms with Crippen molar-refractivity contribution in [3.05, 3.63) is 35.6 Å². The highest BCUT2D eigenvalue weighted by molar-refractivity contribution is 5.19. The van der Waals surface area contributed by atoms with Crippen LogP contribution in [0.2, 0.25) is 0 Å². The van der Waals surface area contributed by atoms with Crippen LogP contribution in [-0.4, -0.2) is 12.6 Å². The molecule has 0 aromatic heterocycles. The molecule has 0 aliphatic carbocycles. The van der Waals surface area contributed by atoms with E-state index < -0.39 is 0 Å². The molecule has 1 aromatic rings. The van der Waals surface area contributed by atoms with E-state index in [9.17, 15) is 4.39 Å². The molecule has 1 rings (SSSR count). The molecular weight excluding hydrogens is 189 g/mol. The van der Waals surface area contributed by atoms with E-state index in [1.54, 1.807) is 0 Å². The molecule has 84 valence electrons. The molecule has 0 amide bonds. The zero-order valence-electron chi connectivity index (χ0n) is 9.76. The Labute approximate surface area is 91.7 Å². The van der Waals surface area contributed by atoms with E-state index in [0.717, 1.165) is 13.0 Å². The molecule has 2 heteroatoms. The summed E-state index contributed by atoms with van der Waals surface area (Å²) in [6.07, 6.45) is 1.09. The summed E-state index contributed by atoms with van der Waals surface area (Å²) in [5.74, 6) is 0.322. The fourth-order valence-corrected chi connectivity index (χ4v) is 1.55. The molecule has 0 spiro atoms. The van der Waals surface area contributed by atoms with Crippen molar-refractivity contribution in [1.82, 2.24) is 5.32 Å². The van der Waals surface area contributed by atoms with Crippen LogP contribution in [0, 0.1) is 5.82 Å². The van der Waals surface area contributed by atoms with Crippen LogP contribution in [0.25, 0.3) is 0 Å². The van der Waals surface area contributed by atoms with Gasteiger partial charge in [0.25, 0.3) is 0 Å². The first-order valence-electron chi connectivity index (χ1n) is 5.58. The Hall–Kier alpha value is -0.890. The van der Waals surface area contributed by atoms with Gasteiger partial charge in [-0.2, -0.15) is 0 Å². The maximum atomic E-state index is 12.7. The van der Waals surface area contributed by atoms with Gasteiger partial charge >= 0.3 is 0 Å². The largest absolute Gasteiger partial charge is 0.315 e. The first-order chi connectivity index (χ1) is 7.09. The van der Waals surface area contributed by atoms with Crippen LogP contribution in [-0.2, 0) is 0 Å². The van der Waals surface area contributed by atoms with Crippen molar-refractivity contribution in [2.45, 2.75) is 39.2 Å². The van der Waals surface area contributed by atoms with E-state index in [0.29, 0.717) is 12.0 Å². The molecule has 0 heterocycles. The predicted molar refractivity (Wildman–Crippen MR) is 62.6 cm³/mol. The summed E-state index contributed by atoms with van der Waals surface area (Å²) >= 11 is 0. The van der Waals surface area contributed by atoms with Crippen LogP contribution in [0.4, 0.5) is 4.39 Å². The maximum absolute atomic E-state index is 12.7. The van der Waals surface area contributed by atoms with Crippen molar-refractivity contribution in [3.63, 3.8) is 0 Å². The summed E-state index contributed by atoms with van der Waals surface area (Å²) in [5, 5.41) is 3.38. The molecule has 0 saturated carbocycles. The van der Waals surface area contributed by atoms with Crippen LogP contribution >= 0.6 is 0 Å². The zero-order chi connectivity index (χ0) is 11.3. The minimum absolute atomic E-state index is 0.161. The fourth-order valence-electron chi connectivity index (χ4n) is 1.55. The second-order valence-corrected chi connectivity index (χ2v) is 4.35. The van der Waals surface area contributed by atoms with Crippen molar-refractivity contribution in [2.24, 2.45) is 0 Å². The number of hydrogen-bond acceptors (Lipinski definition) is 1. The Bertz CT molecular complexity index is 279. The topological polar surface area (TPSA) is 12.0 Å². The Morgan fingerprint density at radius 2 is 1.73 bits per heavy atom. The summed E-state index contributed by atoms with van der Waals surface area (Å²) in [6.45, 7) is 7.47. The van der Waals surface area contributed by atoms with Gasteiger partial charge in [-0.25, -0.2) is 4.39 Å². The molecule has 0 fully saturated rings. The third-order valence-corrected chi connectivity index (χ3v) is 2.57. The fraction of sp³-hybridized carbons (Fsp3) is 0.538. The number of hydrogen-bond donors (Lipinski definition) is 1. The molecule has 1 aromatic carbocycles. The van der Waals surface area contributed by atoms with Gasteiger partial charge in [-0.15, -0.1) is 0 Å². The van der Waals surface area contributed by atoms with Gasteiger partial charge in [0.05, 0.1) is 0 Å². The van der Waals surface area contributed by atoms with E-state index in [1.165, 1.54) is 17.7 Å². The van der Waals surface area contributed by atoms with Gasteiger partial charge in [0.1, 0.15) is 5.82 Å². The highest BCUT2D eigenvalue weighted by Gasteiger charge is 2.05. The van der Waals surface area contributed by atoms with Gasteiger partial charge < -0.3 is 5.32 Å². The molecule has 0 radical (unpaired) electrons. The number of benzene rings is 1. The minimum atomic E-state index is -0.161. The average Bonchev–Trinajstić information content (AvgIpc) is 2.18. The van der Waals surface area contributed by atoms with E-state index >= 15 is 0 Å². The van der Waals surface area contributed by atoms with Gasteiger partial charge in [-0.3, -0.25) is 0 Å². The van der Waals surface area contributed by atoms with Crippen molar-refractivity contribution < 1.29 is 4.39 Å². The summed E-state index contributed by atoms with van der Waals surface area (Å²) < 4.78 is 12.7. The lowest BCUT2D eigenvalue weighted by Gasteiger charge is -2.13. The van der Waals surface area contributed by atoms with E-state index in [-0.39, 0.29) is 5.82 Å². The molecule has 1 nitrogen and oxygen atoms in total. The number of nitrogens with one attached hydrogen (secondary N) is 1. The average molecular weight is 209 g/mol. The molecule has 1 atom stereocenters. The summed E-state index contributed by atoms with van der Waals surface area (Å²) in [6, 6.07) is 7.33. The minimum Gasteiger partial charge on any atom is -0.315 e. The van der Waals surface area contributed by atoms with Gasteiger partial charge in [0.15, 0.2) is 0 Å². The highest BCUT2D eigenvalue weighted by atomic mass is 19.1. The Morgan fingerprint density at radius 3 is 2.27 bits per heavy atom. The van der Waals surface area contributed by atoms with E-state index in [1.807, 2.05) is 12.1 Å². The third-order valence-electron chi connectivity index (χ3n) is 2.57. The Morgan fingerprint density at radius 1 is 1.13 bits per heavy atom. The molecule has 1 N–H and O–H groups in total. The molecule has 15 heavy (non-hydrogen) atoms. The Balaban J connectivity index is 2.40. The maximum Gasteiger partial charge on any atom is 0.123 e. The van der Waals surface area contributed by atoms with Crippen LogP contribution < -0.4 is 5.32 Å². The standard InChI is InChI=1S/C13H20FN/c1-10(2)15-9-8-11(3)12-4-6-13(14)7-5-12/h4-7,10-11,15H,8-9H2,1-3H3.